The van der Waals surface area contributed by atoms with Gasteiger partial charge >= 0.3 is 0 Å². The van der Waals surface area contributed by atoms with E-state index in [1.807, 2.05) is 0 Å². The molecule has 2 N–H and O–H groups in total. The summed E-state index contributed by atoms with van der Waals surface area (Å²) < 4.78 is 0. The molecule has 2 rings (SSSR count). The Hall–Kier alpha value is -0.860. The molecule has 1 saturated heterocycles. The van der Waals surface area contributed by atoms with Crippen molar-refractivity contribution in [1.82, 2.24) is 20.4 Å². The van der Waals surface area contributed by atoms with Crippen molar-refractivity contribution in [2.24, 2.45) is 10.9 Å². The first-order valence-corrected chi connectivity index (χ1v) is 10.2. The van der Waals surface area contributed by atoms with E-state index in [-0.39, 0.29) is 24.0 Å². The Morgan fingerprint density at radius 2 is 1.70 bits per heavy atom. The summed E-state index contributed by atoms with van der Waals surface area (Å²) in [7, 11) is 0. The van der Waals surface area contributed by atoms with Gasteiger partial charge in [-0.2, -0.15) is 0 Å². The second-order valence-corrected chi connectivity index (χ2v) is 7.22. The Balaban J connectivity index is 0.00000364. The molecule has 1 unspecified atom stereocenters. The van der Waals surface area contributed by atoms with Gasteiger partial charge in [-0.1, -0.05) is 44.2 Å². The van der Waals surface area contributed by atoms with Crippen LogP contribution < -0.4 is 10.6 Å². The predicted molar refractivity (Wildman–Crippen MR) is 127 cm³/mol. The van der Waals surface area contributed by atoms with Crippen LogP contribution in [0.15, 0.2) is 35.3 Å². The van der Waals surface area contributed by atoms with Crippen molar-refractivity contribution in [3.05, 3.63) is 35.9 Å². The number of likely N-dealkylation sites (N-methyl/N-ethyl adjacent to an activating group) is 1. The second kappa shape index (κ2) is 14.2. The monoisotopic (exact) mass is 487 g/mol. The lowest BCUT2D eigenvalue weighted by atomic mass is 10.1. The molecule has 0 amide bonds. The fraction of sp³-hybridized carbons (Fsp3) is 0.667. The van der Waals surface area contributed by atoms with Crippen LogP contribution in [0.2, 0.25) is 0 Å². The number of aliphatic imine (C=N–C) groups is 1. The van der Waals surface area contributed by atoms with Gasteiger partial charge in [-0.05, 0) is 31.4 Å². The van der Waals surface area contributed by atoms with Gasteiger partial charge in [0.05, 0.1) is 0 Å². The summed E-state index contributed by atoms with van der Waals surface area (Å²) in [6.07, 6.45) is 1.02. The standard InChI is InChI=1S/C21H37N5.HI/c1-4-22-21(23-12-11-20-9-7-6-8-10-20)24-17-19(3)18-26-15-13-25(5-2)14-16-26;/h6-10,19H,4-5,11-18H2,1-3H3,(H2,22,23,24);1H. The van der Waals surface area contributed by atoms with Crippen LogP contribution >= 0.6 is 24.0 Å². The number of rotatable bonds is 9. The van der Waals surface area contributed by atoms with Gasteiger partial charge < -0.3 is 20.4 Å². The third-order valence-electron chi connectivity index (χ3n) is 4.94. The minimum absolute atomic E-state index is 0. The number of piperazine rings is 1. The summed E-state index contributed by atoms with van der Waals surface area (Å²) in [6, 6.07) is 10.6. The molecule has 154 valence electrons. The topological polar surface area (TPSA) is 42.9 Å². The molecule has 0 aliphatic carbocycles. The molecule has 5 nitrogen and oxygen atoms in total. The highest BCUT2D eigenvalue weighted by molar-refractivity contribution is 14.0. The van der Waals surface area contributed by atoms with Crippen LogP contribution in [0.25, 0.3) is 0 Å². The van der Waals surface area contributed by atoms with E-state index >= 15 is 0 Å². The van der Waals surface area contributed by atoms with Crippen molar-refractivity contribution in [1.29, 1.82) is 0 Å². The third kappa shape index (κ3) is 9.76. The van der Waals surface area contributed by atoms with E-state index in [9.17, 15) is 0 Å². The fourth-order valence-corrected chi connectivity index (χ4v) is 3.35. The normalized spacial score (nSPS) is 17.2. The first-order valence-electron chi connectivity index (χ1n) is 10.2. The van der Waals surface area contributed by atoms with Crippen LogP contribution in [0.5, 0.6) is 0 Å². The van der Waals surface area contributed by atoms with Crippen LogP contribution in [-0.2, 0) is 6.42 Å². The van der Waals surface area contributed by atoms with E-state index < -0.39 is 0 Å². The quantitative estimate of drug-likeness (QED) is 0.320. The molecule has 1 atom stereocenters. The SMILES string of the molecule is CCNC(=NCC(C)CN1CCN(CC)CC1)NCCc1ccccc1.I. The van der Waals surface area contributed by atoms with Crippen molar-refractivity contribution in [2.75, 3.05) is 58.9 Å². The highest BCUT2D eigenvalue weighted by Gasteiger charge is 2.17. The number of hydrogen-bond donors (Lipinski definition) is 2. The first-order chi connectivity index (χ1) is 12.7. The Kier molecular flexibility index (Phi) is 12.7. The number of hydrogen-bond acceptors (Lipinski definition) is 3. The Morgan fingerprint density at radius 3 is 2.33 bits per heavy atom. The maximum Gasteiger partial charge on any atom is 0.191 e. The van der Waals surface area contributed by atoms with Crippen LogP contribution in [0.4, 0.5) is 0 Å². The maximum absolute atomic E-state index is 4.80. The summed E-state index contributed by atoms with van der Waals surface area (Å²) >= 11 is 0. The van der Waals surface area contributed by atoms with Crippen LogP contribution in [0.1, 0.15) is 26.3 Å². The van der Waals surface area contributed by atoms with Crippen LogP contribution in [-0.4, -0.2) is 74.7 Å². The smallest absolute Gasteiger partial charge is 0.191 e. The Bertz CT molecular complexity index is 515. The molecule has 1 fully saturated rings. The molecular weight excluding hydrogens is 449 g/mol. The number of nitrogens with one attached hydrogen (secondary N) is 2. The van der Waals surface area contributed by atoms with Gasteiger partial charge in [0, 0.05) is 52.4 Å². The molecular formula is C21H38IN5. The van der Waals surface area contributed by atoms with Crippen LogP contribution in [0.3, 0.4) is 0 Å². The van der Waals surface area contributed by atoms with E-state index in [2.05, 4.69) is 71.5 Å². The molecule has 0 bridgehead atoms. The molecule has 0 radical (unpaired) electrons. The average molecular weight is 487 g/mol. The zero-order chi connectivity index (χ0) is 18.6. The lowest BCUT2D eigenvalue weighted by Gasteiger charge is -2.35. The first kappa shape index (κ1) is 24.2. The molecule has 0 saturated carbocycles. The van der Waals surface area contributed by atoms with E-state index in [4.69, 9.17) is 4.99 Å². The van der Waals surface area contributed by atoms with Crippen molar-refractivity contribution in [3.63, 3.8) is 0 Å². The van der Waals surface area contributed by atoms with Crippen molar-refractivity contribution in [3.8, 4) is 0 Å². The third-order valence-corrected chi connectivity index (χ3v) is 4.94. The van der Waals surface area contributed by atoms with Gasteiger partial charge in [-0.15, -0.1) is 24.0 Å². The van der Waals surface area contributed by atoms with Crippen molar-refractivity contribution in [2.45, 2.75) is 27.2 Å². The zero-order valence-electron chi connectivity index (χ0n) is 17.3. The second-order valence-electron chi connectivity index (χ2n) is 7.22. The molecule has 1 aliphatic heterocycles. The van der Waals surface area contributed by atoms with Gasteiger partial charge in [-0.25, -0.2) is 0 Å². The van der Waals surface area contributed by atoms with Gasteiger partial charge in [0.1, 0.15) is 0 Å². The average Bonchev–Trinajstić information content (AvgIpc) is 2.67. The number of halogens is 1. The number of guanidine groups is 1. The molecule has 1 heterocycles. The maximum atomic E-state index is 4.80. The summed E-state index contributed by atoms with van der Waals surface area (Å²) in [4.78, 5) is 9.91. The largest absolute Gasteiger partial charge is 0.357 e. The van der Waals surface area contributed by atoms with Gasteiger partial charge in [0.25, 0.3) is 0 Å². The summed E-state index contributed by atoms with van der Waals surface area (Å²) in [5.41, 5.74) is 1.36. The summed E-state index contributed by atoms with van der Waals surface area (Å²) in [5, 5.41) is 6.82. The van der Waals surface area contributed by atoms with Crippen molar-refractivity contribution >= 4 is 29.9 Å². The molecule has 1 aromatic carbocycles. The highest BCUT2D eigenvalue weighted by atomic mass is 127. The molecule has 6 heteroatoms. The minimum atomic E-state index is 0. The molecule has 0 aromatic heterocycles. The predicted octanol–water partition coefficient (Wildman–Crippen LogP) is 2.68. The van der Waals surface area contributed by atoms with Crippen molar-refractivity contribution < 1.29 is 0 Å². The zero-order valence-corrected chi connectivity index (χ0v) is 19.6. The summed E-state index contributed by atoms with van der Waals surface area (Å²) in [6.45, 7) is 16.5. The van der Waals surface area contributed by atoms with Gasteiger partial charge in [0.15, 0.2) is 5.96 Å². The molecule has 27 heavy (non-hydrogen) atoms. The molecule has 0 spiro atoms. The number of benzene rings is 1. The van der Waals surface area contributed by atoms with Gasteiger partial charge in [-0.3, -0.25) is 4.99 Å². The lowest BCUT2D eigenvalue weighted by molar-refractivity contribution is 0.125. The van der Waals surface area contributed by atoms with Crippen LogP contribution in [0, 0.1) is 5.92 Å². The van der Waals surface area contributed by atoms with Gasteiger partial charge in [0.2, 0.25) is 0 Å². The fourth-order valence-electron chi connectivity index (χ4n) is 3.35. The lowest BCUT2D eigenvalue weighted by Crippen LogP contribution is -2.47. The van der Waals surface area contributed by atoms with E-state index in [0.29, 0.717) is 5.92 Å². The minimum Gasteiger partial charge on any atom is -0.357 e. The molecule has 1 aromatic rings. The molecule has 1 aliphatic rings. The Labute approximate surface area is 183 Å². The number of nitrogens with zero attached hydrogens (tertiary/aromatic N) is 3. The van der Waals surface area contributed by atoms with E-state index in [1.54, 1.807) is 0 Å². The van der Waals surface area contributed by atoms with E-state index in [0.717, 1.165) is 38.6 Å². The van der Waals surface area contributed by atoms with E-state index in [1.165, 1.54) is 38.3 Å². The summed E-state index contributed by atoms with van der Waals surface area (Å²) in [5.74, 6) is 1.51. The Morgan fingerprint density at radius 1 is 1.04 bits per heavy atom. The highest BCUT2D eigenvalue weighted by Crippen LogP contribution is 2.06.